The maximum absolute atomic E-state index is 13.6. The molecule has 0 saturated carbocycles. The normalized spacial score (nSPS) is 13.9. The lowest BCUT2D eigenvalue weighted by Gasteiger charge is -2.16. The lowest BCUT2D eigenvalue weighted by atomic mass is 10.1. The van der Waals surface area contributed by atoms with Gasteiger partial charge in [0.2, 0.25) is 11.8 Å². The molecule has 1 atom stereocenters. The predicted octanol–water partition coefficient (Wildman–Crippen LogP) is 1.96. The number of carbonyl (C=O) groups excluding carboxylic acids is 4. The second kappa shape index (κ2) is 7.99. The number of nitrogens with zero attached hydrogens (tertiary/aromatic N) is 1. The van der Waals surface area contributed by atoms with Crippen molar-refractivity contribution in [3.63, 3.8) is 0 Å². The fourth-order valence-corrected chi connectivity index (χ4v) is 2.84. The highest BCUT2D eigenvalue weighted by Crippen LogP contribution is 2.22. The maximum atomic E-state index is 13.6. The molecule has 1 aliphatic heterocycles. The third kappa shape index (κ3) is 3.90. The summed E-state index contributed by atoms with van der Waals surface area (Å²) in [5.41, 5.74) is 0.635. The minimum atomic E-state index is -0.922. The zero-order valence-electron chi connectivity index (χ0n) is 15.1. The predicted molar refractivity (Wildman–Crippen MR) is 99.1 cm³/mol. The Bertz CT molecular complexity index is 925. The van der Waals surface area contributed by atoms with Crippen molar-refractivity contribution >= 4 is 29.3 Å². The van der Waals surface area contributed by atoms with Gasteiger partial charge in [0.25, 0.3) is 11.8 Å². The molecule has 1 heterocycles. The van der Waals surface area contributed by atoms with E-state index in [1.165, 1.54) is 25.1 Å². The first-order valence-corrected chi connectivity index (χ1v) is 8.68. The third-order valence-corrected chi connectivity index (χ3v) is 4.34. The van der Waals surface area contributed by atoms with Crippen LogP contribution in [0.15, 0.2) is 48.5 Å². The summed E-state index contributed by atoms with van der Waals surface area (Å²) in [5.74, 6) is -2.57. The molecule has 0 spiro atoms. The number of para-hydroxylation sites is 1. The molecular weight excluding hydrogens is 365 g/mol. The highest BCUT2D eigenvalue weighted by atomic mass is 19.1. The molecule has 7 nitrogen and oxygen atoms in total. The number of fused-ring (bicyclic) bond motifs is 1. The molecule has 0 bridgehead atoms. The third-order valence-electron chi connectivity index (χ3n) is 4.34. The minimum Gasteiger partial charge on any atom is -0.345 e. The minimum absolute atomic E-state index is 0.0135. The van der Waals surface area contributed by atoms with Gasteiger partial charge in [0.1, 0.15) is 11.9 Å². The van der Waals surface area contributed by atoms with E-state index in [0.29, 0.717) is 11.1 Å². The van der Waals surface area contributed by atoms with Crippen LogP contribution in [0.4, 0.5) is 10.1 Å². The van der Waals surface area contributed by atoms with Crippen molar-refractivity contribution in [2.75, 3.05) is 11.9 Å². The molecule has 0 radical (unpaired) electrons. The molecule has 2 aromatic rings. The summed E-state index contributed by atoms with van der Waals surface area (Å²) in [6.45, 7) is 1.36. The number of nitrogens with one attached hydrogen (secondary N) is 2. The molecule has 1 aliphatic rings. The van der Waals surface area contributed by atoms with Crippen LogP contribution in [0.1, 0.15) is 34.1 Å². The zero-order chi connectivity index (χ0) is 20.3. The summed E-state index contributed by atoms with van der Waals surface area (Å²) in [6.07, 6.45) is -0.150. The average Bonchev–Trinajstić information content (AvgIpc) is 2.92. The molecule has 2 N–H and O–H groups in total. The first kappa shape index (κ1) is 19.2. The van der Waals surface area contributed by atoms with Crippen LogP contribution in [0.2, 0.25) is 0 Å². The highest BCUT2D eigenvalue weighted by Gasteiger charge is 2.35. The van der Waals surface area contributed by atoms with Gasteiger partial charge in [0, 0.05) is 13.0 Å². The van der Waals surface area contributed by atoms with E-state index in [4.69, 9.17) is 0 Å². The molecule has 1 unspecified atom stereocenters. The van der Waals surface area contributed by atoms with Crippen LogP contribution in [-0.4, -0.2) is 41.1 Å². The van der Waals surface area contributed by atoms with E-state index in [1.807, 2.05) is 0 Å². The lowest BCUT2D eigenvalue weighted by molar-refractivity contribution is -0.126. The zero-order valence-corrected chi connectivity index (χ0v) is 15.1. The van der Waals surface area contributed by atoms with Crippen LogP contribution in [0.25, 0.3) is 0 Å². The van der Waals surface area contributed by atoms with Gasteiger partial charge in [-0.1, -0.05) is 24.3 Å². The number of hydrogen-bond donors (Lipinski definition) is 2. The first-order valence-electron chi connectivity index (χ1n) is 8.68. The van der Waals surface area contributed by atoms with Crippen molar-refractivity contribution < 1.29 is 23.6 Å². The molecular formula is C20H18FN3O4. The molecule has 4 amide bonds. The van der Waals surface area contributed by atoms with Crippen molar-refractivity contribution in [1.82, 2.24) is 10.2 Å². The Morgan fingerprint density at radius 2 is 1.57 bits per heavy atom. The van der Waals surface area contributed by atoms with Crippen molar-refractivity contribution in [2.24, 2.45) is 0 Å². The first-order chi connectivity index (χ1) is 13.4. The number of rotatable bonds is 6. The molecule has 0 aromatic heterocycles. The molecule has 144 valence electrons. The number of carbonyl (C=O) groups is 4. The second-order valence-corrected chi connectivity index (χ2v) is 6.32. The van der Waals surface area contributed by atoms with Gasteiger partial charge in [-0.3, -0.25) is 24.1 Å². The summed E-state index contributed by atoms with van der Waals surface area (Å²) in [4.78, 5) is 49.7. The molecule has 0 aliphatic carbocycles. The van der Waals surface area contributed by atoms with E-state index in [9.17, 15) is 23.6 Å². The Kier molecular flexibility index (Phi) is 5.49. The van der Waals surface area contributed by atoms with Crippen molar-refractivity contribution in [2.45, 2.75) is 19.4 Å². The number of imide groups is 1. The van der Waals surface area contributed by atoms with Crippen molar-refractivity contribution in [3.05, 3.63) is 65.5 Å². The van der Waals surface area contributed by atoms with Gasteiger partial charge in [-0.2, -0.15) is 0 Å². The van der Waals surface area contributed by atoms with Crippen LogP contribution in [0.5, 0.6) is 0 Å². The van der Waals surface area contributed by atoms with Gasteiger partial charge in [-0.15, -0.1) is 0 Å². The van der Waals surface area contributed by atoms with E-state index in [1.54, 1.807) is 30.3 Å². The van der Waals surface area contributed by atoms with Crippen LogP contribution < -0.4 is 10.6 Å². The van der Waals surface area contributed by atoms with E-state index in [0.717, 1.165) is 4.90 Å². The van der Waals surface area contributed by atoms with E-state index >= 15 is 0 Å². The van der Waals surface area contributed by atoms with E-state index < -0.39 is 35.5 Å². The molecule has 28 heavy (non-hydrogen) atoms. The lowest BCUT2D eigenvalue weighted by Crippen LogP contribution is -2.43. The highest BCUT2D eigenvalue weighted by molar-refractivity contribution is 6.21. The summed E-state index contributed by atoms with van der Waals surface area (Å²) in [5, 5.41) is 4.86. The Hall–Kier alpha value is -3.55. The van der Waals surface area contributed by atoms with E-state index in [-0.39, 0.29) is 18.7 Å². The van der Waals surface area contributed by atoms with Gasteiger partial charge in [0.15, 0.2) is 0 Å². The summed E-state index contributed by atoms with van der Waals surface area (Å²) < 4.78 is 13.6. The summed E-state index contributed by atoms with van der Waals surface area (Å²) in [6, 6.07) is 11.2. The summed E-state index contributed by atoms with van der Waals surface area (Å²) >= 11 is 0. The quantitative estimate of drug-likeness (QED) is 0.746. The smallest absolute Gasteiger partial charge is 0.261 e. The SMILES string of the molecule is CC(NC(=O)CCN1C(=O)c2ccccc2C1=O)C(=O)Nc1ccccc1F. The van der Waals surface area contributed by atoms with Crippen molar-refractivity contribution in [3.8, 4) is 0 Å². The van der Waals surface area contributed by atoms with E-state index in [2.05, 4.69) is 10.6 Å². The second-order valence-electron chi connectivity index (χ2n) is 6.32. The van der Waals surface area contributed by atoms with Crippen LogP contribution >= 0.6 is 0 Å². The molecule has 0 fully saturated rings. The number of anilines is 1. The number of amides is 4. The van der Waals surface area contributed by atoms with Gasteiger partial charge in [-0.05, 0) is 31.2 Å². The van der Waals surface area contributed by atoms with Crippen LogP contribution in [-0.2, 0) is 9.59 Å². The molecule has 8 heteroatoms. The van der Waals surface area contributed by atoms with Gasteiger partial charge in [-0.25, -0.2) is 4.39 Å². The fraction of sp³-hybridized carbons (Fsp3) is 0.200. The number of benzene rings is 2. The Morgan fingerprint density at radius 3 is 2.18 bits per heavy atom. The topological polar surface area (TPSA) is 95.6 Å². The Balaban J connectivity index is 1.52. The van der Waals surface area contributed by atoms with Crippen LogP contribution in [0.3, 0.4) is 0 Å². The largest absolute Gasteiger partial charge is 0.345 e. The van der Waals surface area contributed by atoms with Crippen molar-refractivity contribution in [1.29, 1.82) is 0 Å². The molecule has 2 aromatic carbocycles. The Labute approximate surface area is 160 Å². The van der Waals surface area contributed by atoms with Gasteiger partial charge >= 0.3 is 0 Å². The maximum Gasteiger partial charge on any atom is 0.261 e. The monoisotopic (exact) mass is 383 g/mol. The van der Waals surface area contributed by atoms with Gasteiger partial charge < -0.3 is 10.6 Å². The standard InChI is InChI=1S/C20H18FN3O4/c1-12(18(26)23-16-9-5-4-8-15(16)21)22-17(25)10-11-24-19(27)13-6-2-3-7-14(13)20(24)28/h2-9,12H,10-11H2,1H3,(H,22,25)(H,23,26). The number of hydrogen-bond acceptors (Lipinski definition) is 4. The van der Waals surface area contributed by atoms with Crippen LogP contribution in [0, 0.1) is 5.82 Å². The molecule has 3 rings (SSSR count). The average molecular weight is 383 g/mol. The Morgan fingerprint density at radius 1 is 1.00 bits per heavy atom. The number of halogens is 1. The summed E-state index contributed by atoms with van der Waals surface area (Å²) in [7, 11) is 0. The molecule has 0 saturated heterocycles. The fourth-order valence-electron chi connectivity index (χ4n) is 2.84. The van der Waals surface area contributed by atoms with Gasteiger partial charge in [0.05, 0.1) is 16.8 Å².